The number of nitrogens with one attached hydrogen (secondary N) is 1. The summed E-state index contributed by atoms with van der Waals surface area (Å²) in [6.45, 7) is 0. The van der Waals surface area contributed by atoms with Gasteiger partial charge in [-0.05, 0) is 64.7 Å². The molecule has 4 heterocycles. The lowest BCUT2D eigenvalue weighted by Gasteiger charge is -2.10. The highest BCUT2D eigenvalue weighted by Gasteiger charge is 2.14. The van der Waals surface area contributed by atoms with Crippen LogP contribution in [0.2, 0.25) is 0 Å². The van der Waals surface area contributed by atoms with Crippen molar-refractivity contribution < 1.29 is 0 Å². The Kier molecular flexibility index (Phi) is 6.43. The molecule has 0 unspecified atom stereocenters. The summed E-state index contributed by atoms with van der Waals surface area (Å²) < 4.78 is 2.18. The Bertz CT molecular complexity index is 2220. The summed E-state index contributed by atoms with van der Waals surface area (Å²) in [7, 11) is 0. The van der Waals surface area contributed by atoms with E-state index in [0.29, 0.717) is 0 Å². The van der Waals surface area contributed by atoms with Gasteiger partial charge >= 0.3 is 0 Å². The first kappa shape index (κ1) is 25.7. The van der Waals surface area contributed by atoms with Gasteiger partial charge in [-0.1, -0.05) is 115 Å². The van der Waals surface area contributed by atoms with Crippen molar-refractivity contribution in [1.29, 1.82) is 0 Å². The Balaban J connectivity index is 1.13. The molecule has 44 heavy (non-hydrogen) atoms. The van der Waals surface area contributed by atoms with E-state index >= 15 is 0 Å². The standard InChI is InChI=1S/C40H28N4/c1-3-11-29(12-4-1)34(30-13-5-2-6-14-30)27-28-21-23-31(24-22-28)35-16-9-17-36(42-35)37-18-10-20-39(43-37)44-38-19-8-7-15-32(38)33-25-26-41-40(33)44/h1-27,41H. The topological polar surface area (TPSA) is 46.5 Å². The maximum atomic E-state index is 5.08. The largest absolute Gasteiger partial charge is 0.347 e. The Morgan fingerprint density at radius 1 is 0.523 bits per heavy atom. The summed E-state index contributed by atoms with van der Waals surface area (Å²) in [4.78, 5) is 13.5. The SMILES string of the molecule is C(=C(c1ccccc1)c1ccccc1)c1ccc(-c2cccc(-c3cccc(-n4c5ccccc5c5cc[nH]c54)n3)n2)cc1. The van der Waals surface area contributed by atoms with Crippen LogP contribution in [0.4, 0.5) is 0 Å². The van der Waals surface area contributed by atoms with E-state index in [0.717, 1.165) is 45.2 Å². The van der Waals surface area contributed by atoms with Crippen LogP contribution >= 0.6 is 0 Å². The molecule has 1 N–H and O–H groups in total. The van der Waals surface area contributed by atoms with Crippen LogP contribution in [0.1, 0.15) is 16.7 Å². The zero-order valence-electron chi connectivity index (χ0n) is 23.9. The van der Waals surface area contributed by atoms with E-state index in [1.807, 2.05) is 30.5 Å². The summed E-state index contributed by atoms with van der Waals surface area (Å²) in [5.41, 5.74) is 10.5. The zero-order chi connectivity index (χ0) is 29.3. The van der Waals surface area contributed by atoms with Gasteiger partial charge in [0.2, 0.25) is 0 Å². The summed E-state index contributed by atoms with van der Waals surface area (Å²) in [6, 6.07) is 52.5. The van der Waals surface area contributed by atoms with Gasteiger partial charge in [0, 0.05) is 22.5 Å². The Morgan fingerprint density at radius 3 is 1.91 bits per heavy atom. The lowest BCUT2D eigenvalue weighted by molar-refractivity contribution is 1.06. The third-order valence-electron chi connectivity index (χ3n) is 8.05. The molecule has 0 radical (unpaired) electrons. The number of hydrogen-bond acceptors (Lipinski definition) is 2. The molecule has 4 aromatic heterocycles. The van der Waals surface area contributed by atoms with Gasteiger partial charge in [-0.15, -0.1) is 0 Å². The maximum absolute atomic E-state index is 5.08. The molecule has 0 spiro atoms. The fourth-order valence-electron chi connectivity index (χ4n) is 5.93. The van der Waals surface area contributed by atoms with Crippen molar-refractivity contribution >= 4 is 33.6 Å². The van der Waals surface area contributed by atoms with Crippen molar-refractivity contribution in [2.45, 2.75) is 0 Å². The average molecular weight is 565 g/mol. The second-order valence-electron chi connectivity index (χ2n) is 10.8. The van der Waals surface area contributed by atoms with Gasteiger partial charge in [-0.3, -0.25) is 4.57 Å². The zero-order valence-corrected chi connectivity index (χ0v) is 23.9. The number of nitrogens with zero attached hydrogens (tertiary/aromatic N) is 3. The van der Waals surface area contributed by atoms with Crippen molar-refractivity contribution in [3.63, 3.8) is 0 Å². The molecule has 0 atom stereocenters. The predicted octanol–water partition coefficient (Wildman–Crippen LogP) is 9.82. The van der Waals surface area contributed by atoms with E-state index in [2.05, 4.69) is 143 Å². The molecular formula is C40H28N4. The summed E-state index contributed by atoms with van der Waals surface area (Å²) in [5.74, 6) is 0.854. The third-order valence-corrected chi connectivity index (χ3v) is 8.05. The van der Waals surface area contributed by atoms with Gasteiger partial charge in [0.25, 0.3) is 0 Å². The van der Waals surface area contributed by atoms with E-state index in [-0.39, 0.29) is 0 Å². The van der Waals surface area contributed by atoms with E-state index < -0.39 is 0 Å². The average Bonchev–Trinajstić information content (AvgIpc) is 3.70. The molecule has 0 saturated carbocycles. The van der Waals surface area contributed by atoms with Crippen LogP contribution < -0.4 is 0 Å². The van der Waals surface area contributed by atoms with Crippen molar-refractivity contribution in [3.05, 3.63) is 175 Å². The smallest absolute Gasteiger partial charge is 0.139 e. The third kappa shape index (κ3) is 4.69. The minimum Gasteiger partial charge on any atom is -0.347 e. The van der Waals surface area contributed by atoms with E-state index in [9.17, 15) is 0 Å². The first-order valence-corrected chi connectivity index (χ1v) is 14.8. The molecule has 0 amide bonds. The molecular weight excluding hydrogens is 536 g/mol. The van der Waals surface area contributed by atoms with Crippen LogP contribution in [0, 0.1) is 0 Å². The quantitative estimate of drug-likeness (QED) is 0.204. The molecule has 0 bridgehead atoms. The summed E-state index contributed by atoms with van der Waals surface area (Å²) in [6.07, 6.45) is 4.23. The van der Waals surface area contributed by atoms with Crippen LogP contribution in [-0.4, -0.2) is 19.5 Å². The van der Waals surface area contributed by atoms with E-state index in [1.54, 1.807) is 0 Å². The van der Waals surface area contributed by atoms with Gasteiger partial charge in [-0.25, -0.2) is 9.97 Å². The maximum Gasteiger partial charge on any atom is 0.139 e. The minimum absolute atomic E-state index is 0.830. The number of fused-ring (bicyclic) bond motifs is 3. The van der Waals surface area contributed by atoms with Gasteiger partial charge in [0.15, 0.2) is 0 Å². The molecule has 8 aromatic rings. The fourth-order valence-corrected chi connectivity index (χ4v) is 5.93. The van der Waals surface area contributed by atoms with Gasteiger partial charge in [-0.2, -0.15) is 0 Å². The molecule has 0 aliphatic carbocycles. The highest BCUT2D eigenvalue weighted by Crippen LogP contribution is 2.32. The second-order valence-corrected chi connectivity index (χ2v) is 10.8. The van der Waals surface area contributed by atoms with Crippen molar-refractivity contribution in [2.75, 3.05) is 0 Å². The molecule has 4 nitrogen and oxygen atoms in total. The monoisotopic (exact) mass is 564 g/mol. The molecule has 0 aliphatic rings. The van der Waals surface area contributed by atoms with Crippen LogP contribution in [-0.2, 0) is 0 Å². The van der Waals surface area contributed by atoms with Crippen LogP contribution in [0.15, 0.2) is 158 Å². The van der Waals surface area contributed by atoms with Gasteiger partial charge < -0.3 is 4.98 Å². The van der Waals surface area contributed by atoms with E-state index in [1.165, 1.54) is 27.5 Å². The number of benzene rings is 4. The molecule has 4 heteroatoms. The number of para-hydroxylation sites is 1. The molecule has 0 fully saturated rings. The normalized spacial score (nSPS) is 11.2. The number of rotatable bonds is 6. The van der Waals surface area contributed by atoms with Crippen molar-refractivity contribution in [2.24, 2.45) is 0 Å². The Labute approximate surface area is 255 Å². The minimum atomic E-state index is 0.830. The first-order chi connectivity index (χ1) is 21.8. The summed E-state index contributed by atoms with van der Waals surface area (Å²) in [5, 5.41) is 2.39. The Hall–Kier alpha value is -6.00. The number of aromatic amines is 1. The molecule has 0 aliphatic heterocycles. The van der Waals surface area contributed by atoms with Crippen LogP contribution in [0.3, 0.4) is 0 Å². The van der Waals surface area contributed by atoms with Crippen LogP contribution in [0.25, 0.3) is 62.0 Å². The molecule has 0 saturated heterocycles. The van der Waals surface area contributed by atoms with Gasteiger partial charge in [0.05, 0.1) is 22.6 Å². The van der Waals surface area contributed by atoms with Crippen molar-refractivity contribution in [3.8, 4) is 28.5 Å². The number of aromatic nitrogens is 4. The number of hydrogen-bond donors (Lipinski definition) is 1. The van der Waals surface area contributed by atoms with Crippen molar-refractivity contribution in [1.82, 2.24) is 19.5 Å². The van der Waals surface area contributed by atoms with Gasteiger partial charge in [0.1, 0.15) is 11.5 Å². The Morgan fingerprint density at radius 2 is 1.16 bits per heavy atom. The van der Waals surface area contributed by atoms with Crippen LogP contribution in [0.5, 0.6) is 0 Å². The highest BCUT2D eigenvalue weighted by molar-refractivity contribution is 6.08. The lowest BCUT2D eigenvalue weighted by atomic mass is 9.95. The predicted molar refractivity (Wildman–Crippen MR) is 181 cm³/mol. The molecule has 8 rings (SSSR count). The number of pyridine rings is 2. The second kappa shape index (κ2) is 11.0. The summed E-state index contributed by atoms with van der Waals surface area (Å²) >= 11 is 0. The first-order valence-electron chi connectivity index (χ1n) is 14.8. The molecule has 4 aromatic carbocycles. The fraction of sp³-hybridized carbons (Fsp3) is 0. The van der Waals surface area contributed by atoms with E-state index in [4.69, 9.17) is 9.97 Å². The lowest BCUT2D eigenvalue weighted by Crippen LogP contribution is -1.99. The highest BCUT2D eigenvalue weighted by atomic mass is 15.1. The molecule has 208 valence electrons. The number of H-pyrrole nitrogens is 1.